The second kappa shape index (κ2) is 3.83. The molecule has 0 spiro atoms. The Labute approximate surface area is 84.8 Å². The van der Waals surface area contributed by atoms with Crippen LogP contribution in [0.15, 0.2) is 10.5 Å². The number of halogens is 1. The molecule has 0 fully saturated rings. The monoisotopic (exact) mass is 246 g/mol. The number of nitrogen functional groups attached to an aromatic ring is 1. The predicted octanol–water partition coefficient (Wildman–Crippen LogP) is 1.45. The van der Waals surface area contributed by atoms with Crippen molar-refractivity contribution < 1.29 is 9.53 Å². The van der Waals surface area contributed by atoms with Crippen LogP contribution in [-0.2, 0) is 4.74 Å². The summed E-state index contributed by atoms with van der Waals surface area (Å²) >= 11 is 3.28. The topological polar surface area (TPSA) is 57.2 Å². The van der Waals surface area contributed by atoms with Crippen molar-refractivity contribution in [3.8, 4) is 0 Å². The lowest BCUT2D eigenvalue weighted by atomic mass is 10.4. The van der Waals surface area contributed by atoms with Crippen molar-refractivity contribution in [2.75, 3.05) is 12.4 Å². The number of carbonyl (C=O) groups excluding carboxylic acids is 1. The first kappa shape index (κ1) is 10.1. The number of hydrogen-bond donors (Lipinski definition) is 1. The second-order valence-electron chi connectivity index (χ2n) is 2.55. The standard InChI is InChI=1S/C8H11BrN2O2/c1-3-13-8(12)7-4-6(9)5(2)11(7)10/h4H,3,10H2,1-2H3. The lowest BCUT2D eigenvalue weighted by molar-refractivity contribution is 0.0516. The number of aromatic nitrogens is 1. The third kappa shape index (κ3) is 1.85. The molecule has 2 N–H and O–H groups in total. The Balaban J connectivity index is 3.01. The minimum Gasteiger partial charge on any atom is -0.461 e. The summed E-state index contributed by atoms with van der Waals surface area (Å²) in [4.78, 5) is 11.3. The highest BCUT2D eigenvalue weighted by atomic mass is 79.9. The maximum absolute atomic E-state index is 11.3. The second-order valence-corrected chi connectivity index (χ2v) is 3.41. The minimum atomic E-state index is -0.404. The number of esters is 1. The molecule has 0 aliphatic rings. The number of ether oxygens (including phenoxy) is 1. The maximum Gasteiger partial charge on any atom is 0.356 e. The van der Waals surface area contributed by atoms with E-state index in [0.29, 0.717) is 12.3 Å². The molecule has 0 bridgehead atoms. The number of nitrogens with zero attached hydrogens (tertiary/aromatic N) is 1. The van der Waals surface area contributed by atoms with Gasteiger partial charge in [-0.05, 0) is 35.8 Å². The summed E-state index contributed by atoms with van der Waals surface area (Å²) in [5.74, 6) is 5.22. The van der Waals surface area contributed by atoms with Crippen LogP contribution in [-0.4, -0.2) is 17.3 Å². The van der Waals surface area contributed by atoms with Gasteiger partial charge in [0.2, 0.25) is 0 Å². The third-order valence-electron chi connectivity index (χ3n) is 1.71. The van der Waals surface area contributed by atoms with E-state index in [-0.39, 0.29) is 0 Å². The molecule has 0 atom stereocenters. The van der Waals surface area contributed by atoms with Gasteiger partial charge in [0.25, 0.3) is 0 Å². The average Bonchev–Trinajstić information content (AvgIpc) is 2.33. The molecule has 72 valence electrons. The third-order valence-corrected chi connectivity index (χ3v) is 2.52. The van der Waals surface area contributed by atoms with Crippen LogP contribution in [0.4, 0.5) is 0 Å². The van der Waals surface area contributed by atoms with E-state index in [2.05, 4.69) is 15.9 Å². The van der Waals surface area contributed by atoms with Crippen molar-refractivity contribution in [2.45, 2.75) is 13.8 Å². The smallest absolute Gasteiger partial charge is 0.356 e. The van der Waals surface area contributed by atoms with Gasteiger partial charge >= 0.3 is 5.97 Å². The highest BCUT2D eigenvalue weighted by Gasteiger charge is 2.15. The Morgan fingerprint density at radius 1 is 1.77 bits per heavy atom. The van der Waals surface area contributed by atoms with E-state index in [4.69, 9.17) is 10.6 Å². The van der Waals surface area contributed by atoms with E-state index in [1.54, 1.807) is 13.0 Å². The van der Waals surface area contributed by atoms with E-state index in [1.807, 2.05) is 6.92 Å². The molecule has 1 heterocycles. The molecule has 0 aromatic carbocycles. The fourth-order valence-corrected chi connectivity index (χ4v) is 1.36. The summed E-state index contributed by atoms with van der Waals surface area (Å²) < 4.78 is 6.93. The molecular weight excluding hydrogens is 236 g/mol. The number of nitrogens with two attached hydrogens (primary N) is 1. The van der Waals surface area contributed by atoms with Crippen molar-refractivity contribution in [1.29, 1.82) is 0 Å². The molecule has 1 aromatic rings. The zero-order valence-corrected chi connectivity index (χ0v) is 9.09. The van der Waals surface area contributed by atoms with Gasteiger partial charge in [-0.2, -0.15) is 0 Å². The summed E-state index contributed by atoms with van der Waals surface area (Å²) in [6, 6.07) is 1.65. The van der Waals surface area contributed by atoms with Crippen LogP contribution in [0, 0.1) is 6.92 Å². The Hall–Kier alpha value is -0.970. The summed E-state index contributed by atoms with van der Waals surface area (Å²) in [7, 11) is 0. The van der Waals surface area contributed by atoms with Gasteiger partial charge in [0.15, 0.2) is 0 Å². The van der Waals surface area contributed by atoms with Crippen molar-refractivity contribution in [1.82, 2.24) is 4.68 Å². The van der Waals surface area contributed by atoms with E-state index >= 15 is 0 Å². The van der Waals surface area contributed by atoms with Crippen LogP contribution >= 0.6 is 15.9 Å². The first-order chi connectivity index (χ1) is 6.07. The minimum absolute atomic E-state index is 0.348. The molecule has 1 aromatic heterocycles. The Morgan fingerprint density at radius 3 is 2.77 bits per heavy atom. The molecule has 1 rings (SSSR count). The van der Waals surface area contributed by atoms with Crippen LogP contribution in [0.1, 0.15) is 23.1 Å². The molecule has 4 nitrogen and oxygen atoms in total. The van der Waals surface area contributed by atoms with Crippen molar-refractivity contribution in [2.24, 2.45) is 0 Å². The van der Waals surface area contributed by atoms with Gasteiger partial charge in [-0.15, -0.1) is 0 Å². The van der Waals surface area contributed by atoms with Gasteiger partial charge in [0.1, 0.15) is 5.69 Å². The zero-order chi connectivity index (χ0) is 10.0. The Bertz CT molecular complexity index is 333. The normalized spacial score (nSPS) is 10.1. The highest BCUT2D eigenvalue weighted by molar-refractivity contribution is 9.10. The first-order valence-electron chi connectivity index (χ1n) is 3.88. The zero-order valence-electron chi connectivity index (χ0n) is 7.50. The molecule has 13 heavy (non-hydrogen) atoms. The van der Waals surface area contributed by atoms with Crippen LogP contribution in [0.3, 0.4) is 0 Å². The quantitative estimate of drug-likeness (QED) is 0.635. The predicted molar refractivity (Wildman–Crippen MR) is 53.0 cm³/mol. The van der Waals surface area contributed by atoms with E-state index in [0.717, 1.165) is 10.2 Å². The van der Waals surface area contributed by atoms with Gasteiger partial charge in [-0.25, -0.2) is 4.79 Å². The van der Waals surface area contributed by atoms with Crippen LogP contribution in [0.25, 0.3) is 0 Å². The van der Waals surface area contributed by atoms with E-state index in [1.165, 1.54) is 4.68 Å². The summed E-state index contributed by atoms with van der Waals surface area (Å²) in [5, 5.41) is 0. The van der Waals surface area contributed by atoms with Crippen molar-refractivity contribution in [3.05, 3.63) is 21.9 Å². The molecule has 5 heteroatoms. The molecule has 0 amide bonds. The molecule has 0 aliphatic heterocycles. The Morgan fingerprint density at radius 2 is 2.38 bits per heavy atom. The number of carbonyl (C=O) groups is 1. The lowest BCUT2D eigenvalue weighted by Crippen LogP contribution is -2.19. The summed E-state index contributed by atoms with van der Waals surface area (Å²) in [5.41, 5.74) is 1.15. The fourth-order valence-electron chi connectivity index (χ4n) is 0.952. The van der Waals surface area contributed by atoms with Crippen molar-refractivity contribution >= 4 is 21.9 Å². The van der Waals surface area contributed by atoms with Gasteiger partial charge in [-0.1, -0.05) is 0 Å². The molecule has 0 saturated heterocycles. The van der Waals surface area contributed by atoms with Gasteiger partial charge < -0.3 is 10.6 Å². The number of rotatable bonds is 2. The molecule has 0 radical (unpaired) electrons. The number of hydrogen-bond acceptors (Lipinski definition) is 3. The highest BCUT2D eigenvalue weighted by Crippen LogP contribution is 2.19. The largest absolute Gasteiger partial charge is 0.461 e. The Kier molecular flexibility index (Phi) is 2.98. The van der Waals surface area contributed by atoms with Gasteiger partial charge in [0.05, 0.1) is 12.3 Å². The summed E-state index contributed by atoms with van der Waals surface area (Å²) in [6.07, 6.45) is 0. The average molecular weight is 247 g/mol. The van der Waals surface area contributed by atoms with Gasteiger partial charge in [0, 0.05) is 4.47 Å². The SMILES string of the molecule is CCOC(=O)c1cc(Br)c(C)n1N. The first-order valence-corrected chi connectivity index (χ1v) is 4.67. The maximum atomic E-state index is 11.3. The fraction of sp³-hybridized carbons (Fsp3) is 0.375. The molecule has 0 saturated carbocycles. The van der Waals surface area contributed by atoms with E-state index in [9.17, 15) is 4.79 Å². The van der Waals surface area contributed by atoms with Crippen LogP contribution in [0.5, 0.6) is 0 Å². The van der Waals surface area contributed by atoms with Gasteiger partial charge in [-0.3, -0.25) is 4.68 Å². The molecule has 0 aliphatic carbocycles. The van der Waals surface area contributed by atoms with Crippen LogP contribution in [0.2, 0.25) is 0 Å². The van der Waals surface area contributed by atoms with Crippen LogP contribution < -0.4 is 5.84 Å². The van der Waals surface area contributed by atoms with E-state index < -0.39 is 5.97 Å². The summed E-state index contributed by atoms with van der Waals surface area (Å²) in [6.45, 7) is 3.91. The van der Waals surface area contributed by atoms with Crippen molar-refractivity contribution in [3.63, 3.8) is 0 Å². The molecule has 0 unspecified atom stereocenters. The lowest BCUT2D eigenvalue weighted by Gasteiger charge is -2.03. The molecular formula is C8H11BrN2O2.